The third kappa shape index (κ3) is 6.09. The number of hydrogen-bond donors (Lipinski definition) is 1. The highest BCUT2D eigenvalue weighted by Crippen LogP contribution is 2.39. The van der Waals surface area contributed by atoms with Crippen LogP contribution in [0.15, 0.2) is 41.3 Å². The number of imide groups is 1. The van der Waals surface area contributed by atoms with Gasteiger partial charge in [-0.2, -0.15) is 0 Å². The Balaban J connectivity index is 1.73. The van der Waals surface area contributed by atoms with Crippen molar-refractivity contribution in [1.82, 2.24) is 4.90 Å². The summed E-state index contributed by atoms with van der Waals surface area (Å²) >= 11 is 7.04. The van der Waals surface area contributed by atoms with Gasteiger partial charge < -0.3 is 19.5 Å². The van der Waals surface area contributed by atoms with Crippen molar-refractivity contribution in [3.63, 3.8) is 0 Å². The lowest BCUT2D eigenvalue weighted by atomic mass is 10.1. The highest BCUT2D eigenvalue weighted by molar-refractivity contribution is 8.18. The van der Waals surface area contributed by atoms with Gasteiger partial charge in [0.05, 0.1) is 24.1 Å². The molecule has 1 fully saturated rings. The van der Waals surface area contributed by atoms with Gasteiger partial charge in [0.2, 0.25) is 0 Å². The van der Waals surface area contributed by atoms with Crippen LogP contribution in [0.25, 0.3) is 6.08 Å². The third-order valence-corrected chi connectivity index (χ3v) is 5.78. The van der Waals surface area contributed by atoms with Crippen LogP contribution in [0.5, 0.6) is 11.5 Å². The molecule has 0 aliphatic carbocycles. The van der Waals surface area contributed by atoms with E-state index >= 15 is 0 Å². The summed E-state index contributed by atoms with van der Waals surface area (Å²) in [5.74, 6) is -1.33. The van der Waals surface area contributed by atoms with E-state index in [1.165, 1.54) is 26.4 Å². The molecule has 0 aromatic heterocycles. The number of ether oxygens (including phenoxy) is 3. The van der Waals surface area contributed by atoms with Gasteiger partial charge in [0, 0.05) is 5.69 Å². The van der Waals surface area contributed by atoms with Crippen molar-refractivity contribution in [2.24, 2.45) is 0 Å². The molecule has 0 atom stereocenters. The van der Waals surface area contributed by atoms with E-state index in [-0.39, 0.29) is 33.9 Å². The summed E-state index contributed by atoms with van der Waals surface area (Å²) in [6, 6.07) is 10.4. The molecule has 2 aromatic carbocycles. The van der Waals surface area contributed by atoms with Crippen molar-refractivity contribution in [2.75, 3.05) is 32.7 Å². The van der Waals surface area contributed by atoms with Crippen LogP contribution in [-0.2, 0) is 19.1 Å². The van der Waals surface area contributed by atoms with E-state index in [0.29, 0.717) is 23.0 Å². The number of rotatable bonds is 8. The Labute approximate surface area is 205 Å². The predicted octanol–water partition coefficient (Wildman–Crippen LogP) is 3.88. The molecular weight excluding hydrogens is 484 g/mol. The summed E-state index contributed by atoms with van der Waals surface area (Å²) in [4.78, 5) is 49.2. The molecule has 1 heterocycles. The molecule has 0 unspecified atom stereocenters. The van der Waals surface area contributed by atoms with Gasteiger partial charge in [-0.3, -0.25) is 24.1 Å². The van der Waals surface area contributed by atoms with Crippen molar-refractivity contribution in [2.45, 2.75) is 6.92 Å². The zero-order chi connectivity index (χ0) is 24.8. The molecule has 0 spiro atoms. The molecule has 2 aromatic rings. The fourth-order valence-electron chi connectivity index (χ4n) is 3.00. The molecule has 11 heteroatoms. The zero-order valence-corrected chi connectivity index (χ0v) is 20.1. The van der Waals surface area contributed by atoms with E-state index < -0.39 is 23.7 Å². The van der Waals surface area contributed by atoms with Crippen LogP contribution >= 0.6 is 23.4 Å². The first-order valence-corrected chi connectivity index (χ1v) is 11.1. The standard InChI is InChI=1S/C23H21ClN2O7S/c1-13-5-4-6-15(7-13)25-19(27)12-33-21-16(24)8-14(9-17(21)31-2)10-18-22(29)26(23(30)34-18)11-20(28)32-3/h4-10H,11-12H2,1-3H3,(H,25,27)/b18-10-. The van der Waals surface area contributed by atoms with E-state index in [4.69, 9.17) is 21.1 Å². The number of thioether (sulfide) groups is 1. The smallest absolute Gasteiger partial charge is 0.325 e. The normalized spacial score (nSPS) is 14.4. The van der Waals surface area contributed by atoms with Gasteiger partial charge in [0.25, 0.3) is 17.1 Å². The molecule has 1 aliphatic heterocycles. The SMILES string of the molecule is COC(=O)CN1C(=O)S/C(=C\c2cc(Cl)c(OCC(=O)Nc3cccc(C)c3)c(OC)c2)C1=O. The molecule has 178 valence electrons. The van der Waals surface area contributed by atoms with E-state index in [2.05, 4.69) is 10.1 Å². The zero-order valence-electron chi connectivity index (χ0n) is 18.5. The second kappa shape index (κ2) is 11.1. The molecule has 34 heavy (non-hydrogen) atoms. The number of halogens is 1. The van der Waals surface area contributed by atoms with Gasteiger partial charge in [-0.05, 0) is 60.2 Å². The number of benzene rings is 2. The van der Waals surface area contributed by atoms with Crippen LogP contribution < -0.4 is 14.8 Å². The van der Waals surface area contributed by atoms with Crippen LogP contribution in [0.3, 0.4) is 0 Å². The first-order chi connectivity index (χ1) is 16.2. The average molecular weight is 505 g/mol. The topological polar surface area (TPSA) is 111 Å². The molecule has 1 N–H and O–H groups in total. The minimum atomic E-state index is -0.707. The minimum Gasteiger partial charge on any atom is -0.493 e. The number of anilines is 1. The Kier molecular flexibility index (Phi) is 8.19. The third-order valence-electron chi connectivity index (χ3n) is 4.59. The van der Waals surface area contributed by atoms with Crippen molar-refractivity contribution < 1.29 is 33.4 Å². The first kappa shape index (κ1) is 25.1. The fourth-order valence-corrected chi connectivity index (χ4v) is 4.11. The Morgan fingerprint density at radius 3 is 2.62 bits per heavy atom. The Morgan fingerprint density at radius 1 is 1.18 bits per heavy atom. The molecule has 1 aliphatic rings. The van der Waals surface area contributed by atoms with Crippen LogP contribution in [-0.4, -0.2) is 55.3 Å². The second-order valence-electron chi connectivity index (χ2n) is 7.08. The summed E-state index contributed by atoms with van der Waals surface area (Å²) in [5, 5.41) is 2.29. The lowest BCUT2D eigenvalue weighted by Crippen LogP contribution is -2.34. The maximum absolute atomic E-state index is 12.5. The summed E-state index contributed by atoms with van der Waals surface area (Å²) in [7, 11) is 2.57. The molecular formula is C23H21ClN2O7S. The number of aryl methyl sites for hydroxylation is 1. The quantitative estimate of drug-likeness (QED) is 0.426. The lowest BCUT2D eigenvalue weighted by Gasteiger charge is -2.14. The van der Waals surface area contributed by atoms with E-state index in [1.54, 1.807) is 12.1 Å². The number of esters is 1. The van der Waals surface area contributed by atoms with Crippen LogP contribution in [0.1, 0.15) is 11.1 Å². The Bertz CT molecular complexity index is 1180. The minimum absolute atomic E-state index is 0.109. The van der Waals surface area contributed by atoms with Crippen molar-refractivity contribution in [1.29, 1.82) is 0 Å². The van der Waals surface area contributed by atoms with Crippen LogP contribution in [0.2, 0.25) is 5.02 Å². The molecule has 1 saturated heterocycles. The van der Waals surface area contributed by atoms with Crippen LogP contribution in [0, 0.1) is 6.92 Å². The number of nitrogens with zero attached hydrogens (tertiary/aromatic N) is 1. The number of methoxy groups -OCH3 is 2. The van der Waals surface area contributed by atoms with E-state index in [1.807, 2.05) is 25.1 Å². The highest BCUT2D eigenvalue weighted by atomic mass is 35.5. The molecule has 3 rings (SSSR count). The molecule has 3 amide bonds. The predicted molar refractivity (Wildman–Crippen MR) is 128 cm³/mol. The second-order valence-corrected chi connectivity index (χ2v) is 8.48. The molecule has 9 nitrogen and oxygen atoms in total. The number of carbonyl (C=O) groups excluding carboxylic acids is 4. The number of hydrogen-bond acceptors (Lipinski definition) is 8. The summed E-state index contributed by atoms with van der Waals surface area (Å²) < 4.78 is 15.4. The number of carbonyl (C=O) groups is 4. The van der Waals surface area contributed by atoms with E-state index in [0.717, 1.165) is 10.5 Å². The van der Waals surface area contributed by atoms with Gasteiger partial charge in [-0.15, -0.1) is 0 Å². The van der Waals surface area contributed by atoms with Gasteiger partial charge in [0.15, 0.2) is 18.1 Å². The van der Waals surface area contributed by atoms with Gasteiger partial charge in [0.1, 0.15) is 6.54 Å². The highest BCUT2D eigenvalue weighted by Gasteiger charge is 2.36. The largest absolute Gasteiger partial charge is 0.493 e. The number of amides is 3. The summed E-state index contributed by atoms with van der Waals surface area (Å²) in [6.07, 6.45) is 1.45. The molecule has 0 bridgehead atoms. The van der Waals surface area contributed by atoms with Gasteiger partial charge >= 0.3 is 5.97 Å². The maximum atomic E-state index is 12.5. The van der Waals surface area contributed by atoms with Crippen molar-refractivity contribution >= 4 is 58.1 Å². The average Bonchev–Trinajstić information content (AvgIpc) is 3.05. The van der Waals surface area contributed by atoms with Crippen molar-refractivity contribution in [3.05, 3.63) is 57.5 Å². The summed E-state index contributed by atoms with van der Waals surface area (Å²) in [5.41, 5.74) is 2.10. The monoisotopic (exact) mass is 504 g/mol. The summed E-state index contributed by atoms with van der Waals surface area (Å²) in [6.45, 7) is 1.13. The van der Waals surface area contributed by atoms with Crippen LogP contribution in [0.4, 0.5) is 10.5 Å². The van der Waals surface area contributed by atoms with Crippen molar-refractivity contribution in [3.8, 4) is 11.5 Å². The number of nitrogens with one attached hydrogen (secondary N) is 1. The first-order valence-electron chi connectivity index (χ1n) is 9.91. The lowest BCUT2D eigenvalue weighted by molar-refractivity contribution is -0.143. The van der Waals surface area contributed by atoms with E-state index in [9.17, 15) is 19.2 Å². The maximum Gasteiger partial charge on any atom is 0.325 e. The fraction of sp³-hybridized carbons (Fsp3) is 0.217. The molecule has 0 saturated carbocycles. The molecule has 0 radical (unpaired) electrons. The van der Waals surface area contributed by atoms with Gasteiger partial charge in [-0.1, -0.05) is 23.7 Å². The Morgan fingerprint density at radius 2 is 1.94 bits per heavy atom. The Hall–Kier alpha value is -3.50. The van der Waals surface area contributed by atoms with Gasteiger partial charge in [-0.25, -0.2) is 0 Å².